The van der Waals surface area contributed by atoms with E-state index in [1.54, 1.807) is 26.8 Å². The van der Waals surface area contributed by atoms with Gasteiger partial charge in [-0.25, -0.2) is 0 Å². The molecular formula is C24H21ClF3N3O3. The van der Waals surface area contributed by atoms with E-state index in [0.717, 1.165) is 12.1 Å². The second kappa shape index (κ2) is 8.16. The molecule has 0 aromatic heterocycles. The third kappa shape index (κ3) is 4.16. The highest BCUT2D eigenvalue weighted by Gasteiger charge is 2.35. The number of amides is 1. The lowest BCUT2D eigenvalue weighted by Crippen LogP contribution is -2.39. The Balaban J connectivity index is 1.72. The molecule has 1 amide bonds. The molecule has 1 atom stereocenters. The van der Waals surface area contributed by atoms with Gasteiger partial charge >= 0.3 is 6.18 Å². The number of benzene rings is 2. The molecule has 0 fully saturated rings. The van der Waals surface area contributed by atoms with Crippen LogP contribution in [0.1, 0.15) is 53.9 Å². The van der Waals surface area contributed by atoms with E-state index in [1.165, 1.54) is 18.2 Å². The van der Waals surface area contributed by atoms with E-state index in [9.17, 15) is 27.6 Å². The first-order valence-corrected chi connectivity index (χ1v) is 10.8. The van der Waals surface area contributed by atoms with Crippen molar-refractivity contribution in [2.45, 2.75) is 39.5 Å². The molecule has 1 aliphatic rings. The van der Waals surface area contributed by atoms with Gasteiger partial charge < -0.3 is 16.0 Å². The van der Waals surface area contributed by atoms with E-state index < -0.39 is 34.1 Å². The summed E-state index contributed by atoms with van der Waals surface area (Å²) >= 11 is 6.16. The fourth-order valence-electron chi connectivity index (χ4n) is 4.04. The normalized spacial score (nSPS) is 14.6. The van der Waals surface area contributed by atoms with Gasteiger partial charge in [-0.1, -0.05) is 44.5 Å². The van der Waals surface area contributed by atoms with Crippen molar-refractivity contribution in [3.8, 4) is 0 Å². The highest BCUT2D eigenvalue weighted by molar-refractivity contribution is 6.32. The Morgan fingerprint density at radius 1 is 1.00 bits per heavy atom. The topological polar surface area (TPSA) is 87.3 Å². The van der Waals surface area contributed by atoms with Gasteiger partial charge in [0.25, 0.3) is 16.8 Å². The zero-order chi connectivity index (χ0) is 25.0. The molecule has 3 N–H and O–H groups in total. The fraction of sp³-hybridized carbons (Fsp3) is 0.292. The molecule has 3 aromatic rings. The van der Waals surface area contributed by atoms with Crippen LogP contribution in [0.4, 0.5) is 30.2 Å². The van der Waals surface area contributed by atoms with Crippen molar-refractivity contribution in [1.29, 1.82) is 0 Å². The molecule has 10 heteroatoms. The highest BCUT2D eigenvalue weighted by atomic mass is 35.5. The van der Waals surface area contributed by atoms with Gasteiger partial charge in [-0.15, -0.1) is 0 Å². The van der Waals surface area contributed by atoms with Crippen LogP contribution in [-0.4, -0.2) is 5.91 Å². The number of carbonyl (C=O) groups excluding carboxylic acids is 1. The van der Waals surface area contributed by atoms with E-state index in [2.05, 4.69) is 16.0 Å². The summed E-state index contributed by atoms with van der Waals surface area (Å²) in [5, 5.41) is 8.89. The van der Waals surface area contributed by atoms with Gasteiger partial charge in [0.05, 0.1) is 22.9 Å². The van der Waals surface area contributed by atoms with Crippen LogP contribution in [0.15, 0.2) is 46.0 Å². The number of fused-ring (bicyclic) bond motifs is 1. The van der Waals surface area contributed by atoms with Crippen LogP contribution < -0.4 is 26.8 Å². The van der Waals surface area contributed by atoms with Crippen molar-refractivity contribution < 1.29 is 18.0 Å². The molecule has 6 nitrogen and oxygen atoms in total. The van der Waals surface area contributed by atoms with Gasteiger partial charge in [-0.05, 0) is 35.2 Å². The number of halogens is 4. The van der Waals surface area contributed by atoms with Crippen LogP contribution in [0.5, 0.6) is 0 Å². The predicted octanol–water partition coefficient (Wildman–Crippen LogP) is 5.14. The third-order valence-electron chi connectivity index (χ3n) is 5.78. The minimum Gasteiger partial charge on any atom is -0.373 e. The van der Waals surface area contributed by atoms with Gasteiger partial charge in [0.1, 0.15) is 11.4 Å². The second-order valence-corrected chi connectivity index (χ2v) is 9.64. The van der Waals surface area contributed by atoms with E-state index in [0.29, 0.717) is 21.8 Å². The number of alkyl halides is 3. The Bertz CT molecular complexity index is 1370. The van der Waals surface area contributed by atoms with Crippen LogP contribution in [-0.2, 0) is 12.7 Å². The van der Waals surface area contributed by atoms with Gasteiger partial charge in [0.15, 0.2) is 0 Å². The first-order valence-electron chi connectivity index (χ1n) is 10.4. The predicted molar refractivity (Wildman–Crippen MR) is 125 cm³/mol. The Hall–Kier alpha value is -3.33. The van der Waals surface area contributed by atoms with Gasteiger partial charge in [0, 0.05) is 17.1 Å². The van der Waals surface area contributed by atoms with Crippen molar-refractivity contribution in [3.05, 3.63) is 84.1 Å². The molecule has 0 bridgehead atoms. The van der Waals surface area contributed by atoms with Crippen molar-refractivity contribution in [2.24, 2.45) is 5.41 Å². The number of anilines is 3. The molecule has 1 aliphatic heterocycles. The van der Waals surface area contributed by atoms with E-state index >= 15 is 0 Å². The quantitative estimate of drug-likeness (QED) is 0.430. The maximum absolute atomic E-state index is 13.3. The molecule has 0 aliphatic carbocycles. The summed E-state index contributed by atoms with van der Waals surface area (Å²) < 4.78 is 39.8. The fourth-order valence-corrected chi connectivity index (χ4v) is 4.26. The molecular weight excluding hydrogens is 471 g/mol. The van der Waals surface area contributed by atoms with Crippen LogP contribution in [0.3, 0.4) is 0 Å². The van der Waals surface area contributed by atoms with Crippen molar-refractivity contribution in [3.63, 3.8) is 0 Å². The van der Waals surface area contributed by atoms with Gasteiger partial charge in [-0.2, -0.15) is 13.2 Å². The minimum absolute atomic E-state index is 0.0514. The molecule has 34 heavy (non-hydrogen) atoms. The Morgan fingerprint density at radius 3 is 2.32 bits per heavy atom. The Kier molecular flexibility index (Phi) is 5.72. The Labute approximate surface area is 197 Å². The van der Waals surface area contributed by atoms with Crippen molar-refractivity contribution in [1.82, 2.24) is 5.32 Å². The van der Waals surface area contributed by atoms with Crippen LogP contribution in [0.25, 0.3) is 0 Å². The number of carbonyl (C=O) groups is 1. The summed E-state index contributed by atoms with van der Waals surface area (Å²) in [6.07, 6.45) is -4.53. The van der Waals surface area contributed by atoms with Crippen LogP contribution in [0, 0.1) is 5.41 Å². The standard InChI is InChI=1S/C24H21ClF3N3O3/c1-23(2,3)21(11-5-4-6-12(9-11)24(26,27)28)31-18-17(19(32)20(18)33)30-15-8-7-14(25)13-10-29-22(34)16(13)15/h4-9,21,30-31H,10H2,1-3H3,(H,29,34). The summed E-state index contributed by atoms with van der Waals surface area (Å²) in [6, 6.07) is 7.21. The maximum Gasteiger partial charge on any atom is 0.416 e. The first kappa shape index (κ1) is 23.8. The van der Waals surface area contributed by atoms with Gasteiger partial charge in [-0.3, -0.25) is 14.4 Å². The number of hydrogen-bond donors (Lipinski definition) is 3. The van der Waals surface area contributed by atoms with E-state index in [-0.39, 0.29) is 29.4 Å². The van der Waals surface area contributed by atoms with Gasteiger partial charge in [0.2, 0.25) is 0 Å². The van der Waals surface area contributed by atoms with E-state index in [1.807, 2.05) is 0 Å². The van der Waals surface area contributed by atoms with Crippen LogP contribution >= 0.6 is 11.6 Å². The summed E-state index contributed by atoms with van der Waals surface area (Å²) in [7, 11) is 0. The average Bonchev–Trinajstić information content (AvgIpc) is 3.15. The highest BCUT2D eigenvalue weighted by Crippen LogP contribution is 2.40. The zero-order valence-corrected chi connectivity index (χ0v) is 19.2. The molecule has 178 valence electrons. The summed E-state index contributed by atoms with van der Waals surface area (Å²) in [6.45, 7) is 5.65. The van der Waals surface area contributed by atoms with Crippen molar-refractivity contribution >= 4 is 34.6 Å². The molecule has 3 aromatic carbocycles. The lowest BCUT2D eigenvalue weighted by molar-refractivity contribution is -0.137. The zero-order valence-electron chi connectivity index (χ0n) is 18.5. The molecule has 4 rings (SSSR count). The first-order chi connectivity index (χ1) is 15.8. The molecule has 0 saturated carbocycles. The summed E-state index contributed by atoms with van der Waals surface area (Å²) in [5.74, 6) is -0.371. The lowest BCUT2D eigenvalue weighted by atomic mass is 9.81. The molecule has 0 saturated heterocycles. The Morgan fingerprint density at radius 2 is 1.68 bits per heavy atom. The number of hydrogen-bond acceptors (Lipinski definition) is 5. The average molecular weight is 492 g/mol. The molecule has 1 heterocycles. The second-order valence-electron chi connectivity index (χ2n) is 9.23. The molecule has 0 spiro atoms. The summed E-state index contributed by atoms with van der Waals surface area (Å²) in [4.78, 5) is 37.1. The van der Waals surface area contributed by atoms with Crippen LogP contribution in [0.2, 0.25) is 5.02 Å². The third-order valence-corrected chi connectivity index (χ3v) is 6.13. The van der Waals surface area contributed by atoms with E-state index in [4.69, 9.17) is 11.6 Å². The minimum atomic E-state index is -4.53. The largest absolute Gasteiger partial charge is 0.416 e. The number of rotatable bonds is 5. The lowest BCUT2D eigenvalue weighted by Gasteiger charge is -2.34. The smallest absolute Gasteiger partial charge is 0.373 e. The number of nitrogens with one attached hydrogen (secondary N) is 3. The maximum atomic E-state index is 13.3. The monoisotopic (exact) mass is 491 g/mol. The summed E-state index contributed by atoms with van der Waals surface area (Å²) in [5.41, 5.74) is -1.67. The molecule has 0 radical (unpaired) electrons. The molecule has 1 unspecified atom stereocenters. The SMILES string of the molecule is CC(C)(C)C(Nc1c(Nc2ccc(Cl)c3c2C(=O)NC3)c(=O)c1=O)c1cccc(C(F)(F)F)c1. The van der Waals surface area contributed by atoms with Crippen molar-refractivity contribution in [2.75, 3.05) is 10.6 Å².